The Kier molecular flexibility index (Phi) is 2.91. The number of hydrogen-bond acceptors (Lipinski definition) is 1. The molecule has 0 radical (unpaired) electrons. The second-order valence-corrected chi connectivity index (χ2v) is 3.22. The van der Waals surface area contributed by atoms with Gasteiger partial charge in [-0.25, -0.2) is 0 Å². The molecule has 1 aromatic carbocycles. The molecule has 0 aliphatic heterocycles. The van der Waals surface area contributed by atoms with Gasteiger partial charge in [0.05, 0.1) is 0 Å². The van der Waals surface area contributed by atoms with E-state index in [4.69, 9.17) is 5.73 Å². The number of nitrogens with two attached hydrogens (primary N) is 1. The lowest BCUT2D eigenvalue weighted by Gasteiger charge is -2.02. The third-order valence-corrected chi connectivity index (χ3v) is 1.95. The van der Waals surface area contributed by atoms with Crippen LogP contribution in [0.5, 0.6) is 0 Å². The van der Waals surface area contributed by atoms with Crippen LogP contribution in [-0.4, -0.2) is 0 Å². The second-order valence-electron chi connectivity index (χ2n) is 3.22. The molecule has 0 aromatic heterocycles. The standard InChI is InChI=1S/C12H15N/c1-4-9(2)7-11-8-10(3)5-6-12(11)13/h4-8H,1,13H2,2-3H3/b9-7-. The summed E-state index contributed by atoms with van der Waals surface area (Å²) in [7, 11) is 0. The highest BCUT2D eigenvalue weighted by molar-refractivity contribution is 5.67. The van der Waals surface area contributed by atoms with Gasteiger partial charge in [0, 0.05) is 5.69 Å². The van der Waals surface area contributed by atoms with Crippen molar-refractivity contribution < 1.29 is 0 Å². The fraction of sp³-hybridized carbons (Fsp3) is 0.167. The lowest BCUT2D eigenvalue weighted by atomic mass is 10.1. The molecule has 0 atom stereocenters. The number of allylic oxidation sites excluding steroid dienone is 2. The van der Waals surface area contributed by atoms with Gasteiger partial charge >= 0.3 is 0 Å². The number of nitrogen functional groups attached to an aromatic ring is 1. The van der Waals surface area contributed by atoms with Gasteiger partial charge in [-0.3, -0.25) is 0 Å². The van der Waals surface area contributed by atoms with Crippen LogP contribution < -0.4 is 5.73 Å². The average Bonchev–Trinajstić information content (AvgIpc) is 2.11. The number of rotatable bonds is 2. The van der Waals surface area contributed by atoms with E-state index >= 15 is 0 Å². The van der Waals surface area contributed by atoms with Gasteiger partial charge in [0.2, 0.25) is 0 Å². The number of aryl methyl sites for hydroxylation is 1. The van der Waals surface area contributed by atoms with E-state index in [9.17, 15) is 0 Å². The van der Waals surface area contributed by atoms with E-state index in [1.807, 2.05) is 31.2 Å². The van der Waals surface area contributed by atoms with E-state index in [2.05, 4.69) is 19.6 Å². The largest absolute Gasteiger partial charge is 0.398 e. The van der Waals surface area contributed by atoms with Crippen LogP contribution in [0, 0.1) is 6.92 Å². The molecule has 0 unspecified atom stereocenters. The molecule has 0 heterocycles. The summed E-state index contributed by atoms with van der Waals surface area (Å²) in [4.78, 5) is 0. The molecule has 1 nitrogen and oxygen atoms in total. The summed E-state index contributed by atoms with van der Waals surface area (Å²) >= 11 is 0. The summed E-state index contributed by atoms with van der Waals surface area (Å²) in [5.74, 6) is 0. The molecule has 0 saturated carbocycles. The predicted molar refractivity (Wildman–Crippen MR) is 59.4 cm³/mol. The Morgan fingerprint density at radius 2 is 2.15 bits per heavy atom. The van der Waals surface area contributed by atoms with Gasteiger partial charge in [0.25, 0.3) is 0 Å². The lowest BCUT2D eigenvalue weighted by Crippen LogP contribution is -1.89. The average molecular weight is 173 g/mol. The molecule has 13 heavy (non-hydrogen) atoms. The minimum atomic E-state index is 0.812. The molecule has 0 aliphatic carbocycles. The maximum absolute atomic E-state index is 5.81. The lowest BCUT2D eigenvalue weighted by molar-refractivity contribution is 1.45. The SMILES string of the molecule is C=C/C(C)=C\c1cc(C)ccc1N. The Morgan fingerprint density at radius 3 is 2.77 bits per heavy atom. The van der Waals surface area contributed by atoms with Crippen molar-refractivity contribution in [2.45, 2.75) is 13.8 Å². The normalized spacial score (nSPS) is 11.4. The Morgan fingerprint density at radius 1 is 1.46 bits per heavy atom. The highest BCUT2D eigenvalue weighted by atomic mass is 14.5. The number of anilines is 1. The molecule has 2 N–H and O–H groups in total. The molecular formula is C12H15N. The molecule has 1 heteroatoms. The smallest absolute Gasteiger partial charge is 0.0387 e. The second kappa shape index (κ2) is 3.94. The topological polar surface area (TPSA) is 26.0 Å². The van der Waals surface area contributed by atoms with Crippen LogP contribution in [0.2, 0.25) is 0 Å². The molecule has 0 saturated heterocycles. The molecule has 0 fully saturated rings. The van der Waals surface area contributed by atoms with Crippen LogP contribution in [0.1, 0.15) is 18.1 Å². The van der Waals surface area contributed by atoms with Crippen molar-refractivity contribution in [2.24, 2.45) is 0 Å². The molecule has 0 bridgehead atoms. The van der Waals surface area contributed by atoms with E-state index < -0.39 is 0 Å². The summed E-state index contributed by atoms with van der Waals surface area (Å²) in [6, 6.07) is 6.01. The zero-order valence-electron chi connectivity index (χ0n) is 8.17. The first-order valence-electron chi connectivity index (χ1n) is 4.30. The number of benzene rings is 1. The first-order valence-corrected chi connectivity index (χ1v) is 4.30. The van der Waals surface area contributed by atoms with Crippen LogP contribution in [0.25, 0.3) is 6.08 Å². The Balaban J connectivity index is 3.13. The fourth-order valence-electron chi connectivity index (χ4n) is 1.12. The summed E-state index contributed by atoms with van der Waals surface area (Å²) in [5, 5.41) is 0. The Hall–Kier alpha value is -1.50. The predicted octanol–water partition coefficient (Wildman–Crippen LogP) is 3.17. The van der Waals surface area contributed by atoms with E-state index in [0.717, 1.165) is 16.8 Å². The van der Waals surface area contributed by atoms with Crippen molar-refractivity contribution in [3.63, 3.8) is 0 Å². The van der Waals surface area contributed by atoms with E-state index in [0.29, 0.717) is 0 Å². The molecular weight excluding hydrogens is 158 g/mol. The van der Waals surface area contributed by atoms with Gasteiger partial charge in [0.15, 0.2) is 0 Å². The summed E-state index contributed by atoms with van der Waals surface area (Å²) in [5.41, 5.74) is 10.0. The summed E-state index contributed by atoms with van der Waals surface area (Å²) in [6.07, 6.45) is 3.86. The quantitative estimate of drug-likeness (QED) is 0.539. The van der Waals surface area contributed by atoms with Crippen molar-refractivity contribution in [2.75, 3.05) is 5.73 Å². The van der Waals surface area contributed by atoms with Gasteiger partial charge in [-0.2, -0.15) is 0 Å². The zero-order chi connectivity index (χ0) is 9.84. The highest BCUT2D eigenvalue weighted by Crippen LogP contribution is 2.17. The van der Waals surface area contributed by atoms with E-state index in [1.165, 1.54) is 5.56 Å². The maximum Gasteiger partial charge on any atom is 0.0387 e. The molecule has 0 amide bonds. The number of hydrogen-bond donors (Lipinski definition) is 1. The van der Waals surface area contributed by atoms with Crippen LogP contribution in [0.15, 0.2) is 36.4 Å². The minimum Gasteiger partial charge on any atom is -0.398 e. The van der Waals surface area contributed by atoms with Crippen LogP contribution >= 0.6 is 0 Å². The van der Waals surface area contributed by atoms with Gasteiger partial charge in [-0.15, -0.1) is 0 Å². The van der Waals surface area contributed by atoms with Crippen molar-refractivity contribution in [1.82, 2.24) is 0 Å². The van der Waals surface area contributed by atoms with Gasteiger partial charge in [-0.05, 0) is 37.6 Å². The van der Waals surface area contributed by atoms with Crippen molar-refractivity contribution in [1.29, 1.82) is 0 Å². The van der Waals surface area contributed by atoms with Crippen molar-refractivity contribution in [3.8, 4) is 0 Å². The van der Waals surface area contributed by atoms with Crippen molar-refractivity contribution >= 4 is 11.8 Å². The Bertz CT molecular complexity index is 348. The monoisotopic (exact) mass is 173 g/mol. The molecule has 1 rings (SSSR count). The summed E-state index contributed by atoms with van der Waals surface area (Å²) < 4.78 is 0. The maximum atomic E-state index is 5.81. The van der Waals surface area contributed by atoms with Crippen molar-refractivity contribution in [3.05, 3.63) is 47.6 Å². The first kappa shape index (κ1) is 9.59. The van der Waals surface area contributed by atoms with Crippen LogP contribution in [-0.2, 0) is 0 Å². The molecule has 1 aromatic rings. The van der Waals surface area contributed by atoms with E-state index in [1.54, 1.807) is 0 Å². The molecule has 0 spiro atoms. The van der Waals surface area contributed by atoms with Gasteiger partial charge in [-0.1, -0.05) is 29.9 Å². The fourth-order valence-corrected chi connectivity index (χ4v) is 1.12. The Labute approximate surface area is 79.6 Å². The van der Waals surface area contributed by atoms with Gasteiger partial charge < -0.3 is 5.73 Å². The molecule has 68 valence electrons. The van der Waals surface area contributed by atoms with Gasteiger partial charge in [0.1, 0.15) is 0 Å². The highest BCUT2D eigenvalue weighted by Gasteiger charge is 1.95. The molecule has 0 aliphatic rings. The summed E-state index contributed by atoms with van der Waals surface area (Å²) in [6.45, 7) is 7.76. The van der Waals surface area contributed by atoms with Crippen LogP contribution in [0.4, 0.5) is 5.69 Å². The third-order valence-electron chi connectivity index (χ3n) is 1.95. The van der Waals surface area contributed by atoms with Crippen LogP contribution in [0.3, 0.4) is 0 Å². The first-order chi connectivity index (χ1) is 6.13. The third kappa shape index (κ3) is 2.48. The zero-order valence-corrected chi connectivity index (χ0v) is 8.17. The minimum absolute atomic E-state index is 0.812. The van der Waals surface area contributed by atoms with E-state index in [-0.39, 0.29) is 0 Å².